The van der Waals surface area contributed by atoms with Gasteiger partial charge in [-0.15, -0.1) is 24.0 Å². The number of hydrogen-bond acceptors (Lipinski definition) is 4. The fraction of sp³-hybridized carbons (Fsp3) is 0.292. The number of halogens is 1. The average Bonchev–Trinajstić information content (AvgIpc) is 3.13. The topological polar surface area (TPSA) is 107 Å². The third kappa shape index (κ3) is 7.77. The van der Waals surface area contributed by atoms with Gasteiger partial charge in [-0.25, -0.2) is 4.68 Å². The molecule has 0 aliphatic rings. The van der Waals surface area contributed by atoms with Crippen molar-refractivity contribution in [2.75, 3.05) is 20.2 Å². The smallest absolute Gasteiger partial charge is 0.255 e. The van der Waals surface area contributed by atoms with Crippen LogP contribution in [0.2, 0.25) is 0 Å². The summed E-state index contributed by atoms with van der Waals surface area (Å²) in [6.07, 6.45) is 0.819. The van der Waals surface area contributed by atoms with Crippen LogP contribution in [0.25, 0.3) is 5.69 Å². The Morgan fingerprint density at radius 1 is 1.12 bits per heavy atom. The quantitative estimate of drug-likeness (QED) is 0.211. The van der Waals surface area contributed by atoms with Gasteiger partial charge in [-0.1, -0.05) is 30.3 Å². The van der Waals surface area contributed by atoms with E-state index in [0.717, 1.165) is 47.1 Å². The zero-order valence-electron chi connectivity index (χ0n) is 19.2. The number of ether oxygens (including phenoxy) is 1. The zero-order chi connectivity index (χ0) is 22.9. The van der Waals surface area contributed by atoms with Crippen LogP contribution < -0.4 is 21.1 Å². The van der Waals surface area contributed by atoms with Crippen LogP contribution in [-0.4, -0.2) is 41.8 Å². The molecule has 1 heterocycles. The van der Waals surface area contributed by atoms with Gasteiger partial charge in [0.2, 0.25) is 0 Å². The standard InChI is InChI=1S/C24H30N6O2.HI/c1-17-14-18(2)30(29-17)22-7-5-4-6-20(22)15-28-24(26-3)27-13-12-19-8-10-21(11-9-19)32-16-23(25)31;/h4-11,14H,12-13,15-16H2,1-3H3,(H2,25,31)(H2,26,27,28);1H. The predicted molar refractivity (Wildman–Crippen MR) is 141 cm³/mol. The van der Waals surface area contributed by atoms with Crippen molar-refractivity contribution in [2.45, 2.75) is 26.8 Å². The lowest BCUT2D eigenvalue weighted by Crippen LogP contribution is -2.38. The lowest BCUT2D eigenvalue weighted by molar-refractivity contribution is -0.119. The second-order valence-electron chi connectivity index (χ2n) is 7.47. The minimum Gasteiger partial charge on any atom is -0.484 e. The van der Waals surface area contributed by atoms with Crippen LogP contribution in [-0.2, 0) is 17.8 Å². The van der Waals surface area contributed by atoms with E-state index < -0.39 is 5.91 Å². The van der Waals surface area contributed by atoms with Crippen LogP contribution in [0.1, 0.15) is 22.5 Å². The zero-order valence-corrected chi connectivity index (χ0v) is 21.5. The molecule has 0 spiro atoms. The van der Waals surface area contributed by atoms with Crippen molar-refractivity contribution < 1.29 is 9.53 Å². The third-order valence-electron chi connectivity index (χ3n) is 4.91. The van der Waals surface area contributed by atoms with Gasteiger partial charge in [-0.05, 0) is 55.7 Å². The molecule has 0 atom stereocenters. The molecule has 0 aliphatic heterocycles. The van der Waals surface area contributed by atoms with Gasteiger partial charge in [0.25, 0.3) is 5.91 Å². The number of aromatic nitrogens is 2. The maximum atomic E-state index is 10.8. The molecule has 0 aliphatic carbocycles. The van der Waals surface area contributed by atoms with E-state index in [2.05, 4.69) is 45.8 Å². The Balaban J connectivity index is 0.00000385. The molecule has 8 nitrogen and oxygen atoms in total. The molecule has 4 N–H and O–H groups in total. The highest BCUT2D eigenvalue weighted by Gasteiger charge is 2.09. The molecule has 1 aromatic heterocycles. The number of aliphatic imine (C=N–C) groups is 1. The number of primary amides is 1. The summed E-state index contributed by atoms with van der Waals surface area (Å²) in [6, 6.07) is 17.9. The number of hydrogen-bond donors (Lipinski definition) is 3. The summed E-state index contributed by atoms with van der Waals surface area (Å²) in [7, 11) is 1.76. The number of guanidine groups is 1. The van der Waals surface area contributed by atoms with E-state index in [1.165, 1.54) is 0 Å². The number of rotatable bonds is 9. The number of para-hydroxylation sites is 1. The molecule has 0 saturated heterocycles. The number of nitrogens with zero attached hydrogens (tertiary/aromatic N) is 3. The van der Waals surface area contributed by atoms with Gasteiger partial charge in [0.15, 0.2) is 12.6 Å². The Bertz CT molecular complexity index is 1080. The highest BCUT2D eigenvalue weighted by atomic mass is 127. The van der Waals surface area contributed by atoms with Crippen LogP contribution in [0, 0.1) is 13.8 Å². The molecule has 0 radical (unpaired) electrons. The van der Waals surface area contributed by atoms with Gasteiger partial charge < -0.3 is 21.1 Å². The molecule has 9 heteroatoms. The van der Waals surface area contributed by atoms with E-state index in [1.807, 2.05) is 48.0 Å². The van der Waals surface area contributed by atoms with Crippen molar-refractivity contribution in [3.63, 3.8) is 0 Å². The molecule has 1 amide bonds. The van der Waals surface area contributed by atoms with Crippen molar-refractivity contribution in [1.29, 1.82) is 0 Å². The van der Waals surface area contributed by atoms with Gasteiger partial charge >= 0.3 is 0 Å². The monoisotopic (exact) mass is 562 g/mol. The van der Waals surface area contributed by atoms with Crippen LogP contribution in [0.5, 0.6) is 5.75 Å². The first-order valence-electron chi connectivity index (χ1n) is 10.5. The maximum Gasteiger partial charge on any atom is 0.255 e. The van der Waals surface area contributed by atoms with Crippen LogP contribution in [0.4, 0.5) is 0 Å². The number of carbonyl (C=O) groups excluding carboxylic acids is 1. The number of nitrogens with one attached hydrogen (secondary N) is 2. The van der Waals surface area contributed by atoms with Crippen LogP contribution >= 0.6 is 24.0 Å². The van der Waals surface area contributed by atoms with Gasteiger partial charge in [-0.2, -0.15) is 5.10 Å². The summed E-state index contributed by atoms with van der Waals surface area (Å²) in [5.74, 6) is 0.864. The molecular formula is C24H31IN6O2. The van der Waals surface area contributed by atoms with Crippen molar-refractivity contribution in [3.05, 3.63) is 77.1 Å². The second-order valence-corrected chi connectivity index (χ2v) is 7.47. The first kappa shape index (κ1) is 26.2. The molecule has 0 fully saturated rings. The molecule has 33 heavy (non-hydrogen) atoms. The van der Waals surface area contributed by atoms with E-state index >= 15 is 0 Å². The third-order valence-corrected chi connectivity index (χ3v) is 4.91. The number of benzene rings is 2. The fourth-order valence-corrected chi connectivity index (χ4v) is 3.37. The van der Waals surface area contributed by atoms with Crippen molar-refractivity contribution in [3.8, 4) is 11.4 Å². The lowest BCUT2D eigenvalue weighted by atomic mass is 10.1. The van der Waals surface area contributed by atoms with E-state index in [0.29, 0.717) is 12.3 Å². The summed E-state index contributed by atoms with van der Waals surface area (Å²) in [4.78, 5) is 15.1. The predicted octanol–water partition coefficient (Wildman–Crippen LogP) is 2.88. The SMILES string of the molecule is CN=C(NCCc1ccc(OCC(N)=O)cc1)NCc1ccccc1-n1nc(C)cc1C.I. The number of carbonyl (C=O) groups is 1. The Morgan fingerprint density at radius 2 is 1.85 bits per heavy atom. The van der Waals surface area contributed by atoms with E-state index in [1.54, 1.807) is 7.05 Å². The Hall–Kier alpha value is -3.08. The second kappa shape index (κ2) is 12.8. The molecule has 0 bridgehead atoms. The number of nitrogens with two attached hydrogens (primary N) is 1. The minimum atomic E-state index is -0.491. The first-order valence-corrected chi connectivity index (χ1v) is 10.5. The summed E-state index contributed by atoms with van der Waals surface area (Å²) < 4.78 is 7.25. The largest absolute Gasteiger partial charge is 0.484 e. The van der Waals surface area contributed by atoms with Gasteiger partial charge in [0.1, 0.15) is 5.75 Å². The highest BCUT2D eigenvalue weighted by molar-refractivity contribution is 14.0. The van der Waals surface area contributed by atoms with Gasteiger partial charge in [0.05, 0.1) is 11.4 Å². The Kier molecular flexibility index (Phi) is 10.2. The summed E-state index contributed by atoms with van der Waals surface area (Å²) in [6.45, 7) is 5.28. The number of amides is 1. The average molecular weight is 562 g/mol. The van der Waals surface area contributed by atoms with Gasteiger partial charge in [0, 0.05) is 25.8 Å². The summed E-state index contributed by atoms with van der Waals surface area (Å²) in [5.41, 5.74) is 10.5. The minimum absolute atomic E-state index is 0. The van der Waals surface area contributed by atoms with Gasteiger partial charge in [-0.3, -0.25) is 9.79 Å². The Morgan fingerprint density at radius 3 is 2.48 bits per heavy atom. The van der Waals surface area contributed by atoms with Crippen molar-refractivity contribution in [2.24, 2.45) is 10.7 Å². The molecule has 2 aromatic carbocycles. The summed E-state index contributed by atoms with van der Waals surface area (Å²) in [5, 5.41) is 11.3. The Labute approximate surface area is 211 Å². The van der Waals surface area contributed by atoms with Crippen molar-refractivity contribution in [1.82, 2.24) is 20.4 Å². The summed E-state index contributed by atoms with van der Waals surface area (Å²) >= 11 is 0. The molecule has 0 saturated carbocycles. The lowest BCUT2D eigenvalue weighted by Gasteiger charge is -2.15. The van der Waals surface area contributed by atoms with Crippen LogP contribution in [0.3, 0.4) is 0 Å². The van der Waals surface area contributed by atoms with E-state index in [9.17, 15) is 4.79 Å². The fourth-order valence-electron chi connectivity index (χ4n) is 3.37. The molecule has 176 valence electrons. The normalized spacial score (nSPS) is 10.9. The molecular weight excluding hydrogens is 531 g/mol. The first-order chi connectivity index (χ1) is 15.5. The van der Waals surface area contributed by atoms with Crippen LogP contribution in [0.15, 0.2) is 59.6 Å². The van der Waals surface area contributed by atoms with E-state index in [4.69, 9.17) is 10.5 Å². The molecule has 3 rings (SSSR count). The highest BCUT2D eigenvalue weighted by Crippen LogP contribution is 2.17. The molecule has 0 unspecified atom stereocenters. The van der Waals surface area contributed by atoms with Crippen molar-refractivity contribution >= 4 is 35.8 Å². The number of aryl methyl sites for hydroxylation is 2. The maximum absolute atomic E-state index is 10.8. The van der Waals surface area contributed by atoms with E-state index in [-0.39, 0.29) is 30.6 Å². The molecule has 3 aromatic rings.